The third-order valence-electron chi connectivity index (χ3n) is 4.75. The molecule has 1 heterocycles. The summed E-state index contributed by atoms with van der Waals surface area (Å²) < 4.78 is 0. The molecule has 1 aliphatic heterocycles. The quantitative estimate of drug-likeness (QED) is 0.934. The first-order chi connectivity index (χ1) is 11.2. The van der Waals surface area contributed by atoms with Gasteiger partial charge in [-0.3, -0.25) is 0 Å². The number of aliphatic hydroxyl groups is 1. The molecular formula is C20H22N2O. The largest absolute Gasteiger partial charge is 0.387 e. The summed E-state index contributed by atoms with van der Waals surface area (Å²) in [4.78, 5) is 2.35. The van der Waals surface area contributed by atoms with Gasteiger partial charge in [-0.05, 0) is 48.6 Å². The zero-order valence-electron chi connectivity index (χ0n) is 13.4. The van der Waals surface area contributed by atoms with Crippen molar-refractivity contribution in [3.8, 4) is 6.07 Å². The van der Waals surface area contributed by atoms with E-state index in [9.17, 15) is 5.11 Å². The summed E-state index contributed by atoms with van der Waals surface area (Å²) in [5, 5.41) is 19.5. The lowest BCUT2D eigenvalue weighted by Crippen LogP contribution is -2.41. The Bertz CT molecular complexity index is 702. The van der Waals surface area contributed by atoms with E-state index in [0.717, 1.165) is 24.8 Å². The molecule has 0 bridgehead atoms. The zero-order chi connectivity index (χ0) is 16.2. The van der Waals surface area contributed by atoms with Crippen LogP contribution >= 0.6 is 0 Å². The zero-order valence-corrected chi connectivity index (χ0v) is 13.4. The van der Waals surface area contributed by atoms with Crippen molar-refractivity contribution in [1.82, 2.24) is 0 Å². The van der Waals surface area contributed by atoms with Gasteiger partial charge in [0.25, 0.3) is 0 Å². The topological polar surface area (TPSA) is 47.3 Å². The number of rotatable bonds is 4. The van der Waals surface area contributed by atoms with Crippen LogP contribution < -0.4 is 4.90 Å². The fourth-order valence-electron chi connectivity index (χ4n) is 3.42. The molecule has 1 N–H and O–H groups in total. The SMILES string of the molecule is CC[C@@H]1CCc2ccccc2N1C[C@H](O)c1ccc(C#N)cc1. The molecule has 2 aromatic rings. The Morgan fingerprint density at radius 1 is 1.22 bits per heavy atom. The van der Waals surface area contributed by atoms with Gasteiger partial charge in [0.1, 0.15) is 0 Å². The normalized spacial score (nSPS) is 18.1. The standard InChI is InChI=1S/C20H22N2O/c1-2-18-12-11-16-5-3-4-6-19(16)22(18)14-20(23)17-9-7-15(13-21)8-10-17/h3-10,18,20,23H,2,11-12,14H2,1H3/t18-,20+/m1/s1. The predicted octanol–water partition coefficient (Wildman–Crippen LogP) is 3.82. The molecule has 118 valence electrons. The van der Waals surface area contributed by atoms with Gasteiger partial charge < -0.3 is 10.0 Å². The fourth-order valence-corrected chi connectivity index (χ4v) is 3.42. The molecule has 3 nitrogen and oxygen atoms in total. The molecule has 3 heteroatoms. The van der Waals surface area contributed by atoms with Crippen LogP contribution in [0.5, 0.6) is 0 Å². The van der Waals surface area contributed by atoms with E-state index in [1.54, 1.807) is 12.1 Å². The van der Waals surface area contributed by atoms with E-state index < -0.39 is 6.10 Å². The summed E-state index contributed by atoms with van der Waals surface area (Å²) in [6, 6.07) is 18.3. The summed E-state index contributed by atoms with van der Waals surface area (Å²) >= 11 is 0. The maximum absolute atomic E-state index is 10.7. The van der Waals surface area contributed by atoms with Gasteiger partial charge in [0.05, 0.1) is 17.7 Å². The van der Waals surface area contributed by atoms with Gasteiger partial charge in [0, 0.05) is 18.3 Å². The highest BCUT2D eigenvalue weighted by atomic mass is 16.3. The monoisotopic (exact) mass is 306 g/mol. The Morgan fingerprint density at radius 3 is 2.65 bits per heavy atom. The van der Waals surface area contributed by atoms with Gasteiger partial charge in [-0.2, -0.15) is 5.26 Å². The highest BCUT2D eigenvalue weighted by Gasteiger charge is 2.26. The molecule has 0 spiro atoms. The number of nitriles is 1. The number of β-amino-alcohol motifs (C(OH)–C–C–N with tert-alkyl or cyclic N) is 1. The molecule has 0 saturated heterocycles. The minimum Gasteiger partial charge on any atom is -0.387 e. The number of aliphatic hydroxyl groups excluding tert-OH is 1. The van der Waals surface area contributed by atoms with Gasteiger partial charge in [0.15, 0.2) is 0 Å². The lowest BCUT2D eigenvalue weighted by molar-refractivity contribution is 0.178. The van der Waals surface area contributed by atoms with Gasteiger partial charge >= 0.3 is 0 Å². The first-order valence-electron chi connectivity index (χ1n) is 8.25. The van der Waals surface area contributed by atoms with Crippen LogP contribution in [0.1, 0.15) is 42.6 Å². The van der Waals surface area contributed by atoms with Crippen LogP contribution in [0.15, 0.2) is 48.5 Å². The molecule has 2 aromatic carbocycles. The smallest absolute Gasteiger partial charge is 0.0991 e. The number of aryl methyl sites for hydroxylation is 1. The molecular weight excluding hydrogens is 284 g/mol. The second-order valence-corrected chi connectivity index (χ2v) is 6.13. The molecule has 0 unspecified atom stereocenters. The highest BCUT2D eigenvalue weighted by Crippen LogP contribution is 2.33. The van der Waals surface area contributed by atoms with E-state index in [0.29, 0.717) is 18.2 Å². The second kappa shape index (κ2) is 6.85. The van der Waals surface area contributed by atoms with Crippen LogP contribution in [-0.4, -0.2) is 17.7 Å². The molecule has 0 saturated carbocycles. The first-order valence-corrected chi connectivity index (χ1v) is 8.25. The van der Waals surface area contributed by atoms with Crippen LogP contribution in [0, 0.1) is 11.3 Å². The van der Waals surface area contributed by atoms with Gasteiger partial charge in [-0.1, -0.05) is 37.3 Å². The number of hydrogen-bond donors (Lipinski definition) is 1. The van der Waals surface area contributed by atoms with Crippen molar-refractivity contribution < 1.29 is 5.11 Å². The fraction of sp³-hybridized carbons (Fsp3) is 0.350. The van der Waals surface area contributed by atoms with E-state index in [-0.39, 0.29) is 0 Å². The molecule has 3 rings (SSSR count). The van der Waals surface area contributed by atoms with Crippen molar-refractivity contribution in [3.05, 3.63) is 65.2 Å². The maximum atomic E-state index is 10.7. The molecule has 1 aliphatic rings. The number of benzene rings is 2. The van der Waals surface area contributed by atoms with E-state index in [2.05, 4.69) is 42.2 Å². The number of fused-ring (bicyclic) bond motifs is 1. The highest BCUT2D eigenvalue weighted by molar-refractivity contribution is 5.56. The van der Waals surface area contributed by atoms with Gasteiger partial charge in [0.2, 0.25) is 0 Å². The molecule has 0 fully saturated rings. The minimum absolute atomic E-state index is 0.470. The first kappa shape index (κ1) is 15.6. The Labute approximate surface area is 137 Å². The Hall–Kier alpha value is -2.31. The number of para-hydroxylation sites is 1. The van der Waals surface area contributed by atoms with E-state index in [1.165, 1.54) is 11.3 Å². The summed E-state index contributed by atoms with van der Waals surface area (Å²) in [5.74, 6) is 0. The van der Waals surface area contributed by atoms with Gasteiger partial charge in [-0.25, -0.2) is 0 Å². The summed E-state index contributed by atoms with van der Waals surface area (Å²) in [7, 11) is 0. The van der Waals surface area contributed by atoms with Crippen molar-refractivity contribution in [2.75, 3.05) is 11.4 Å². The van der Waals surface area contributed by atoms with Crippen molar-refractivity contribution in [3.63, 3.8) is 0 Å². The predicted molar refractivity (Wildman–Crippen MR) is 92.3 cm³/mol. The number of hydrogen-bond acceptors (Lipinski definition) is 3. The Kier molecular flexibility index (Phi) is 4.64. The minimum atomic E-state index is -0.553. The molecule has 0 aliphatic carbocycles. The lowest BCUT2D eigenvalue weighted by atomic mass is 9.93. The average molecular weight is 306 g/mol. The molecule has 0 radical (unpaired) electrons. The summed E-state index contributed by atoms with van der Waals surface area (Å²) in [5.41, 5.74) is 4.10. The second-order valence-electron chi connectivity index (χ2n) is 6.13. The van der Waals surface area contributed by atoms with E-state index in [4.69, 9.17) is 5.26 Å². The van der Waals surface area contributed by atoms with Crippen LogP contribution in [0.2, 0.25) is 0 Å². The van der Waals surface area contributed by atoms with Crippen molar-refractivity contribution in [2.45, 2.75) is 38.3 Å². The summed E-state index contributed by atoms with van der Waals surface area (Å²) in [6.45, 7) is 2.79. The van der Waals surface area contributed by atoms with E-state index in [1.807, 2.05) is 12.1 Å². The average Bonchev–Trinajstić information content (AvgIpc) is 2.62. The van der Waals surface area contributed by atoms with Crippen LogP contribution in [0.4, 0.5) is 5.69 Å². The van der Waals surface area contributed by atoms with Gasteiger partial charge in [-0.15, -0.1) is 0 Å². The van der Waals surface area contributed by atoms with Crippen molar-refractivity contribution in [1.29, 1.82) is 5.26 Å². The van der Waals surface area contributed by atoms with Crippen LogP contribution in [-0.2, 0) is 6.42 Å². The van der Waals surface area contributed by atoms with Crippen LogP contribution in [0.25, 0.3) is 0 Å². The van der Waals surface area contributed by atoms with Crippen molar-refractivity contribution in [2.24, 2.45) is 0 Å². The molecule has 23 heavy (non-hydrogen) atoms. The van der Waals surface area contributed by atoms with Crippen molar-refractivity contribution >= 4 is 5.69 Å². The lowest BCUT2D eigenvalue weighted by Gasteiger charge is -2.39. The van der Waals surface area contributed by atoms with Crippen LogP contribution in [0.3, 0.4) is 0 Å². The third kappa shape index (κ3) is 3.23. The number of anilines is 1. The van der Waals surface area contributed by atoms with E-state index >= 15 is 0 Å². The summed E-state index contributed by atoms with van der Waals surface area (Å²) in [6.07, 6.45) is 2.77. The Morgan fingerprint density at radius 2 is 1.96 bits per heavy atom. The third-order valence-corrected chi connectivity index (χ3v) is 4.75. The number of nitrogens with zero attached hydrogens (tertiary/aromatic N) is 2. The molecule has 0 amide bonds. The molecule has 2 atom stereocenters. The Balaban J connectivity index is 1.83. The molecule has 0 aromatic heterocycles. The maximum Gasteiger partial charge on any atom is 0.0991 e.